The van der Waals surface area contributed by atoms with E-state index in [0.717, 1.165) is 19.4 Å². The highest BCUT2D eigenvalue weighted by Gasteiger charge is 2.42. The highest BCUT2D eigenvalue weighted by molar-refractivity contribution is 5.84. The molecule has 1 rings (SSSR count). The van der Waals surface area contributed by atoms with Crippen molar-refractivity contribution in [2.24, 2.45) is 17.3 Å². The molecule has 0 radical (unpaired) electrons. The molecule has 0 aromatic heterocycles. The van der Waals surface area contributed by atoms with Gasteiger partial charge < -0.3 is 4.90 Å². The number of nitrogens with zero attached hydrogens (tertiary/aromatic N) is 1. The van der Waals surface area contributed by atoms with Crippen molar-refractivity contribution in [1.82, 2.24) is 10.2 Å². The van der Waals surface area contributed by atoms with Crippen LogP contribution in [0.1, 0.15) is 61.3 Å². The molecular weight excluding hydrogens is 236 g/mol. The summed E-state index contributed by atoms with van der Waals surface area (Å²) in [5.74, 6) is 1.31. The summed E-state index contributed by atoms with van der Waals surface area (Å²) in [7, 11) is 0. The molecule has 0 spiro atoms. The molecule has 19 heavy (non-hydrogen) atoms. The molecule has 0 aromatic carbocycles. The first-order valence-corrected chi connectivity index (χ1v) is 7.72. The topological polar surface area (TPSA) is 32.3 Å². The Hall–Kier alpha value is -0.570. The summed E-state index contributed by atoms with van der Waals surface area (Å²) < 4.78 is 0. The number of rotatable bonds is 5. The SMILES string of the molecule is CCC(C)C1NC(CC(C)C)N(CC(C)(C)C)C1=O. The van der Waals surface area contributed by atoms with E-state index in [9.17, 15) is 4.79 Å². The lowest BCUT2D eigenvalue weighted by Crippen LogP contribution is -2.42. The maximum absolute atomic E-state index is 12.6. The van der Waals surface area contributed by atoms with Crippen LogP contribution in [-0.4, -0.2) is 29.6 Å². The van der Waals surface area contributed by atoms with Crippen LogP contribution >= 0.6 is 0 Å². The fourth-order valence-electron chi connectivity index (χ4n) is 2.69. The van der Waals surface area contributed by atoms with E-state index >= 15 is 0 Å². The van der Waals surface area contributed by atoms with Crippen LogP contribution in [0.15, 0.2) is 0 Å². The lowest BCUT2D eigenvalue weighted by Gasteiger charge is -2.31. The molecule has 1 aliphatic heterocycles. The quantitative estimate of drug-likeness (QED) is 0.830. The Morgan fingerprint density at radius 3 is 2.26 bits per heavy atom. The van der Waals surface area contributed by atoms with E-state index in [1.807, 2.05) is 0 Å². The minimum atomic E-state index is 0.0103. The van der Waals surface area contributed by atoms with Crippen LogP contribution in [0.25, 0.3) is 0 Å². The van der Waals surface area contributed by atoms with E-state index < -0.39 is 0 Å². The van der Waals surface area contributed by atoms with Crippen LogP contribution in [0.3, 0.4) is 0 Å². The van der Waals surface area contributed by atoms with Gasteiger partial charge >= 0.3 is 0 Å². The van der Waals surface area contributed by atoms with Crippen LogP contribution in [0.4, 0.5) is 0 Å². The largest absolute Gasteiger partial charge is 0.325 e. The molecule has 1 N–H and O–H groups in total. The lowest BCUT2D eigenvalue weighted by molar-refractivity contribution is -0.132. The van der Waals surface area contributed by atoms with Crippen molar-refractivity contribution >= 4 is 5.91 Å². The van der Waals surface area contributed by atoms with Gasteiger partial charge in [0.05, 0.1) is 12.2 Å². The average Bonchev–Trinajstić information content (AvgIpc) is 2.54. The van der Waals surface area contributed by atoms with E-state index in [1.165, 1.54) is 0 Å². The molecule has 1 fully saturated rings. The van der Waals surface area contributed by atoms with E-state index in [2.05, 4.69) is 58.7 Å². The molecule has 1 saturated heterocycles. The van der Waals surface area contributed by atoms with Gasteiger partial charge in [-0.05, 0) is 23.7 Å². The first-order valence-electron chi connectivity index (χ1n) is 7.72. The zero-order chi connectivity index (χ0) is 14.8. The van der Waals surface area contributed by atoms with Crippen LogP contribution in [-0.2, 0) is 4.79 Å². The summed E-state index contributed by atoms with van der Waals surface area (Å²) in [6.07, 6.45) is 2.29. The molecule has 1 amide bonds. The van der Waals surface area contributed by atoms with Crippen molar-refractivity contribution in [2.45, 2.75) is 73.5 Å². The molecule has 3 unspecified atom stereocenters. The molecule has 3 nitrogen and oxygen atoms in total. The Morgan fingerprint density at radius 1 is 1.26 bits per heavy atom. The van der Waals surface area contributed by atoms with Gasteiger partial charge in [-0.15, -0.1) is 0 Å². The second-order valence-electron chi connectivity index (χ2n) is 7.70. The van der Waals surface area contributed by atoms with Crippen LogP contribution in [0.5, 0.6) is 0 Å². The maximum atomic E-state index is 12.6. The first-order chi connectivity index (χ1) is 8.65. The Balaban J connectivity index is 2.85. The molecule has 0 saturated carbocycles. The van der Waals surface area contributed by atoms with E-state index in [0.29, 0.717) is 17.7 Å². The molecule has 3 heteroatoms. The molecule has 0 bridgehead atoms. The number of carbonyl (C=O) groups excluding carboxylic acids is 1. The zero-order valence-corrected chi connectivity index (χ0v) is 13.8. The smallest absolute Gasteiger partial charge is 0.241 e. The molecule has 1 heterocycles. The molecular formula is C16H32N2O. The minimum Gasteiger partial charge on any atom is -0.325 e. The van der Waals surface area contributed by atoms with Crippen molar-refractivity contribution in [3.63, 3.8) is 0 Å². The number of hydrogen-bond acceptors (Lipinski definition) is 2. The van der Waals surface area contributed by atoms with E-state index in [4.69, 9.17) is 0 Å². The van der Waals surface area contributed by atoms with Crippen molar-refractivity contribution in [3.05, 3.63) is 0 Å². The maximum Gasteiger partial charge on any atom is 0.241 e. The lowest BCUT2D eigenvalue weighted by atomic mass is 9.94. The van der Waals surface area contributed by atoms with E-state index in [-0.39, 0.29) is 17.6 Å². The molecule has 1 aliphatic rings. The summed E-state index contributed by atoms with van der Waals surface area (Å²) in [6, 6.07) is 0.0103. The third kappa shape index (κ3) is 4.48. The third-order valence-electron chi connectivity index (χ3n) is 3.85. The van der Waals surface area contributed by atoms with Gasteiger partial charge in [0, 0.05) is 6.54 Å². The molecule has 0 aromatic rings. The monoisotopic (exact) mass is 268 g/mol. The van der Waals surface area contributed by atoms with Gasteiger partial charge in [-0.2, -0.15) is 0 Å². The second-order valence-corrected chi connectivity index (χ2v) is 7.70. The van der Waals surface area contributed by atoms with Crippen molar-refractivity contribution in [3.8, 4) is 0 Å². The van der Waals surface area contributed by atoms with Gasteiger partial charge in [0.25, 0.3) is 0 Å². The Labute approximate surface area is 119 Å². The first kappa shape index (κ1) is 16.5. The Bertz CT molecular complexity index is 306. The van der Waals surface area contributed by atoms with Gasteiger partial charge in [-0.1, -0.05) is 54.9 Å². The standard InChI is InChI=1S/C16H32N2O/c1-8-12(4)14-15(19)18(10-16(5,6)7)13(17-14)9-11(2)3/h11-14,17H,8-10H2,1-7H3. The molecule has 3 atom stereocenters. The van der Waals surface area contributed by atoms with Crippen LogP contribution in [0, 0.1) is 17.3 Å². The van der Waals surface area contributed by atoms with Crippen LogP contribution in [0.2, 0.25) is 0 Å². The van der Waals surface area contributed by atoms with Gasteiger partial charge in [-0.25, -0.2) is 0 Å². The highest BCUT2D eigenvalue weighted by atomic mass is 16.2. The summed E-state index contributed by atoms with van der Waals surface area (Å²) in [6.45, 7) is 16.2. The van der Waals surface area contributed by atoms with Gasteiger partial charge in [-0.3, -0.25) is 10.1 Å². The van der Waals surface area contributed by atoms with Crippen molar-refractivity contribution in [1.29, 1.82) is 0 Å². The number of nitrogens with one attached hydrogen (secondary N) is 1. The minimum absolute atomic E-state index is 0.0103. The Morgan fingerprint density at radius 2 is 1.84 bits per heavy atom. The van der Waals surface area contributed by atoms with Crippen molar-refractivity contribution < 1.29 is 4.79 Å². The normalized spacial score (nSPS) is 26.3. The predicted octanol–water partition coefficient (Wildman–Crippen LogP) is 3.25. The number of amides is 1. The van der Waals surface area contributed by atoms with Gasteiger partial charge in [0.15, 0.2) is 0 Å². The second kappa shape index (κ2) is 6.25. The Kier molecular flexibility index (Phi) is 5.43. The van der Waals surface area contributed by atoms with Crippen LogP contribution < -0.4 is 5.32 Å². The van der Waals surface area contributed by atoms with Gasteiger partial charge in [0.2, 0.25) is 5.91 Å². The fourth-order valence-corrected chi connectivity index (χ4v) is 2.69. The average molecular weight is 268 g/mol. The fraction of sp³-hybridized carbons (Fsp3) is 0.938. The number of hydrogen-bond donors (Lipinski definition) is 1. The highest BCUT2D eigenvalue weighted by Crippen LogP contribution is 2.26. The summed E-state index contributed by atoms with van der Waals surface area (Å²) in [5.41, 5.74) is 0.150. The predicted molar refractivity (Wildman–Crippen MR) is 80.8 cm³/mol. The molecule has 0 aliphatic carbocycles. The van der Waals surface area contributed by atoms with Crippen molar-refractivity contribution in [2.75, 3.05) is 6.54 Å². The summed E-state index contributed by atoms with van der Waals surface area (Å²) in [4.78, 5) is 14.7. The number of carbonyl (C=O) groups is 1. The summed E-state index contributed by atoms with van der Waals surface area (Å²) in [5, 5.41) is 3.57. The summed E-state index contributed by atoms with van der Waals surface area (Å²) >= 11 is 0. The van der Waals surface area contributed by atoms with E-state index in [1.54, 1.807) is 0 Å². The van der Waals surface area contributed by atoms with Gasteiger partial charge in [0.1, 0.15) is 0 Å². The zero-order valence-electron chi connectivity index (χ0n) is 13.8. The third-order valence-corrected chi connectivity index (χ3v) is 3.85. The molecule has 112 valence electrons.